The summed E-state index contributed by atoms with van der Waals surface area (Å²) in [6, 6.07) is 0. The lowest BCUT2D eigenvalue weighted by Crippen LogP contribution is -2.30. The molecule has 0 rings (SSSR count). The lowest BCUT2D eigenvalue weighted by atomic mass is 10.0. The molecule has 0 radical (unpaired) electrons. The Balaban J connectivity index is 4.10. The zero-order valence-electron chi connectivity index (χ0n) is 54.5. The first kappa shape index (κ1) is 78.6. The van der Waals surface area contributed by atoms with Gasteiger partial charge in [-0.25, -0.2) is 0 Å². The van der Waals surface area contributed by atoms with Gasteiger partial charge in [-0.3, -0.25) is 14.4 Å². The summed E-state index contributed by atoms with van der Waals surface area (Å²) in [5, 5.41) is 0. The molecule has 0 N–H and O–H groups in total. The number of carbonyl (C=O) groups excluding carboxylic acids is 3. The highest BCUT2D eigenvalue weighted by atomic mass is 16.6. The summed E-state index contributed by atoms with van der Waals surface area (Å²) < 4.78 is 16.9. The van der Waals surface area contributed by atoms with Crippen molar-refractivity contribution >= 4 is 17.9 Å². The molecule has 0 aromatic carbocycles. The first-order valence-corrected chi connectivity index (χ1v) is 35.6. The van der Waals surface area contributed by atoms with E-state index in [0.29, 0.717) is 19.3 Å². The normalized spacial score (nSPS) is 12.6. The monoisotopic (exact) mass is 1140 g/mol. The van der Waals surface area contributed by atoms with Gasteiger partial charge in [0, 0.05) is 19.3 Å². The summed E-state index contributed by atoms with van der Waals surface area (Å²) in [7, 11) is 0. The van der Waals surface area contributed by atoms with Crippen LogP contribution in [0.2, 0.25) is 0 Å². The van der Waals surface area contributed by atoms with E-state index in [-0.39, 0.29) is 31.1 Å². The van der Waals surface area contributed by atoms with Gasteiger partial charge in [-0.1, -0.05) is 331 Å². The molecular formula is C76H134O6. The molecule has 0 saturated carbocycles. The minimum absolute atomic E-state index is 0.0735. The third kappa shape index (κ3) is 67.4. The fourth-order valence-corrected chi connectivity index (χ4v) is 10.3. The Hall–Kier alpha value is -3.41. The Kier molecular flexibility index (Phi) is 67.2. The first-order chi connectivity index (χ1) is 40.5. The van der Waals surface area contributed by atoms with E-state index < -0.39 is 6.10 Å². The van der Waals surface area contributed by atoms with Gasteiger partial charge in [0.15, 0.2) is 6.10 Å². The first-order valence-electron chi connectivity index (χ1n) is 35.6. The van der Waals surface area contributed by atoms with Gasteiger partial charge in [-0.15, -0.1) is 0 Å². The predicted molar refractivity (Wildman–Crippen MR) is 358 cm³/mol. The van der Waals surface area contributed by atoms with E-state index in [2.05, 4.69) is 106 Å². The number of allylic oxidation sites excluding steroid dienone is 14. The molecule has 0 aliphatic rings. The number of hydrogen-bond donors (Lipinski definition) is 0. The van der Waals surface area contributed by atoms with E-state index in [9.17, 15) is 14.4 Å². The van der Waals surface area contributed by atoms with Crippen LogP contribution in [0.1, 0.15) is 361 Å². The lowest BCUT2D eigenvalue weighted by molar-refractivity contribution is -0.167. The Bertz CT molecular complexity index is 1550. The van der Waals surface area contributed by atoms with E-state index in [0.717, 1.165) is 103 Å². The molecule has 0 amide bonds. The molecule has 82 heavy (non-hydrogen) atoms. The maximum atomic E-state index is 12.9. The highest BCUT2D eigenvalue weighted by Crippen LogP contribution is 2.18. The molecule has 1 atom stereocenters. The highest BCUT2D eigenvalue weighted by molar-refractivity contribution is 5.71. The van der Waals surface area contributed by atoms with Crippen LogP contribution in [0.15, 0.2) is 85.1 Å². The van der Waals surface area contributed by atoms with Crippen molar-refractivity contribution in [3.8, 4) is 0 Å². The largest absolute Gasteiger partial charge is 0.462 e. The van der Waals surface area contributed by atoms with Crippen molar-refractivity contribution in [2.24, 2.45) is 0 Å². The smallest absolute Gasteiger partial charge is 0.306 e. The lowest BCUT2D eigenvalue weighted by Gasteiger charge is -2.18. The molecule has 0 aliphatic carbocycles. The van der Waals surface area contributed by atoms with Crippen molar-refractivity contribution in [1.82, 2.24) is 0 Å². The molecular weight excluding hydrogens is 1010 g/mol. The molecule has 0 bridgehead atoms. The molecule has 0 heterocycles. The summed E-state index contributed by atoms with van der Waals surface area (Å²) >= 11 is 0. The summed E-state index contributed by atoms with van der Waals surface area (Å²) in [6.07, 6.45) is 93.4. The average molecular weight is 1140 g/mol. The van der Waals surface area contributed by atoms with E-state index in [4.69, 9.17) is 14.2 Å². The number of esters is 3. The van der Waals surface area contributed by atoms with Crippen molar-refractivity contribution < 1.29 is 28.6 Å². The fourth-order valence-electron chi connectivity index (χ4n) is 10.3. The number of unbranched alkanes of at least 4 members (excludes halogenated alkanes) is 40. The van der Waals surface area contributed by atoms with Crippen LogP contribution < -0.4 is 0 Å². The van der Waals surface area contributed by atoms with E-state index >= 15 is 0 Å². The van der Waals surface area contributed by atoms with Gasteiger partial charge in [0.05, 0.1) is 0 Å². The summed E-state index contributed by atoms with van der Waals surface area (Å²) in [4.78, 5) is 38.3. The van der Waals surface area contributed by atoms with Gasteiger partial charge in [-0.05, 0) is 96.3 Å². The van der Waals surface area contributed by atoms with E-state index in [1.807, 2.05) is 0 Å². The number of rotatable bonds is 65. The average Bonchev–Trinajstić information content (AvgIpc) is 3.47. The Labute approximate surface area is 509 Å². The summed E-state index contributed by atoms with van der Waals surface area (Å²) in [5.41, 5.74) is 0. The third-order valence-electron chi connectivity index (χ3n) is 15.6. The van der Waals surface area contributed by atoms with Gasteiger partial charge in [0.2, 0.25) is 0 Å². The maximum absolute atomic E-state index is 12.9. The molecule has 6 nitrogen and oxygen atoms in total. The number of carbonyl (C=O) groups is 3. The van der Waals surface area contributed by atoms with Crippen molar-refractivity contribution in [3.63, 3.8) is 0 Å². The Morgan fingerprint density at radius 3 is 0.756 bits per heavy atom. The van der Waals surface area contributed by atoms with Crippen molar-refractivity contribution in [1.29, 1.82) is 0 Å². The van der Waals surface area contributed by atoms with Crippen LogP contribution in [0, 0.1) is 0 Å². The second-order valence-corrected chi connectivity index (χ2v) is 23.8. The number of hydrogen-bond acceptors (Lipinski definition) is 6. The van der Waals surface area contributed by atoms with Crippen LogP contribution in [0.4, 0.5) is 0 Å². The van der Waals surface area contributed by atoms with Crippen LogP contribution in [0.25, 0.3) is 0 Å². The van der Waals surface area contributed by atoms with Crippen LogP contribution >= 0.6 is 0 Å². The van der Waals surface area contributed by atoms with Gasteiger partial charge >= 0.3 is 17.9 Å². The highest BCUT2D eigenvalue weighted by Gasteiger charge is 2.19. The maximum Gasteiger partial charge on any atom is 0.306 e. The minimum Gasteiger partial charge on any atom is -0.462 e. The van der Waals surface area contributed by atoms with Crippen LogP contribution in [0.5, 0.6) is 0 Å². The second kappa shape index (κ2) is 70.1. The minimum atomic E-state index is -0.777. The van der Waals surface area contributed by atoms with E-state index in [1.54, 1.807) is 0 Å². The van der Waals surface area contributed by atoms with Crippen molar-refractivity contribution in [3.05, 3.63) is 85.1 Å². The van der Waals surface area contributed by atoms with Gasteiger partial charge in [-0.2, -0.15) is 0 Å². The molecule has 1 unspecified atom stereocenters. The van der Waals surface area contributed by atoms with Crippen molar-refractivity contribution in [2.75, 3.05) is 13.2 Å². The molecule has 0 aromatic rings. The second-order valence-electron chi connectivity index (χ2n) is 23.8. The standard InChI is InChI=1S/C76H134O6/c1-4-7-10-13-16-19-22-24-26-28-30-31-32-33-34-35-36-37-38-39-40-41-42-43-44-45-46-48-49-51-54-57-60-63-66-69-75(78)81-72-73(71-80-74(77)68-65-62-59-56-53-21-18-15-12-9-6-3)82-76(79)70-67-64-61-58-55-52-50-47-29-27-25-23-20-17-14-11-8-5-2/h7,10,16,19-20,23-24,26-27,29-31,33-34,73H,4-6,8-9,11-15,17-18,21-22,25,28,32,35-72H2,1-3H3/b10-7-,19-16-,23-20-,26-24-,29-27-,31-30-,34-33-. The third-order valence-corrected chi connectivity index (χ3v) is 15.6. The molecule has 0 aliphatic heterocycles. The predicted octanol–water partition coefficient (Wildman–Crippen LogP) is 24.6. The molecule has 0 spiro atoms. The molecule has 0 aromatic heterocycles. The molecule has 0 saturated heterocycles. The van der Waals surface area contributed by atoms with Crippen LogP contribution in [-0.4, -0.2) is 37.2 Å². The zero-order chi connectivity index (χ0) is 59.2. The SMILES string of the molecule is CC/C=C\C/C=C\C/C=C\C/C=C\C/C=C\CCCCCCCCCCCCCCCCCCCCCC(=O)OCC(COC(=O)CCCCCCCCCCCCC)OC(=O)CCCCCCCCC/C=C\C/C=C\CCCCCC. The van der Waals surface area contributed by atoms with Gasteiger partial charge < -0.3 is 14.2 Å². The molecule has 474 valence electrons. The van der Waals surface area contributed by atoms with Crippen molar-refractivity contribution in [2.45, 2.75) is 367 Å². The summed E-state index contributed by atoms with van der Waals surface area (Å²) in [6.45, 7) is 6.54. The van der Waals surface area contributed by atoms with Gasteiger partial charge in [0.1, 0.15) is 13.2 Å². The van der Waals surface area contributed by atoms with Gasteiger partial charge in [0.25, 0.3) is 0 Å². The topological polar surface area (TPSA) is 78.9 Å². The van der Waals surface area contributed by atoms with Crippen LogP contribution in [0.3, 0.4) is 0 Å². The molecule has 0 fully saturated rings. The number of ether oxygens (including phenoxy) is 3. The van der Waals surface area contributed by atoms with Crippen LogP contribution in [-0.2, 0) is 28.6 Å². The fraction of sp³-hybridized carbons (Fsp3) is 0.776. The zero-order valence-corrected chi connectivity index (χ0v) is 54.5. The quantitative estimate of drug-likeness (QED) is 0.0261. The molecule has 6 heteroatoms. The Morgan fingerprint density at radius 1 is 0.256 bits per heavy atom. The summed E-state index contributed by atoms with van der Waals surface area (Å²) in [5.74, 6) is -0.862. The Morgan fingerprint density at radius 2 is 0.476 bits per heavy atom. The van der Waals surface area contributed by atoms with E-state index in [1.165, 1.54) is 218 Å².